The van der Waals surface area contributed by atoms with Crippen molar-refractivity contribution < 1.29 is 17.6 Å². The number of rotatable bonds is 5. The number of carbonyl (C=O) groups is 1. The van der Waals surface area contributed by atoms with E-state index in [-0.39, 0.29) is 28.2 Å². The van der Waals surface area contributed by atoms with E-state index in [4.69, 9.17) is 4.42 Å². The van der Waals surface area contributed by atoms with Crippen LogP contribution < -0.4 is 5.32 Å². The third-order valence-electron chi connectivity index (χ3n) is 3.83. The fourth-order valence-corrected chi connectivity index (χ4v) is 3.08. The highest BCUT2D eigenvalue weighted by atomic mass is 32.2. The fraction of sp³-hybridized carbons (Fsp3) is 0.250. The van der Waals surface area contributed by atoms with Crippen molar-refractivity contribution in [2.24, 2.45) is 7.05 Å². The molecule has 2 heterocycles. The number of benzene rings is 1. The number of carbonyl (C=O) groups excluding carboxylic acids is 1. The molecule has 0 spiro atoms. The molecule has 1 aromatic carbocycles. The Labute approximate surface area is 150 Å². The van der Waals surface area contributed by atoms with E-state index in [0.29, 0.717) is 5.56 Å². The van der Waals surface area contributed by atoms with E-state index < -0.39 is 15.7 Å². The molecule has 3 rings (SSSR count). The predicted octanol–water partition coefficient (Wildman–Crippen LogP) is 1.82. The van der Waals surface area contributed by atoms with Crippen molar-refractivity contribution in [3.63, 3.8) is 0 Å². The van der Waals surface area contributed by atoms with Crippen LogP contribution in [0.2, 0.25) is 0 Å². The van der Waals surface area contributed by atoms with Gasteiger partial charge in [-0.05, 0) is 37.3 Å². The highest BCUT2D eigenvalue weighted by molar-refractivity contribution is 7.91. The first-order valence-corrected chi connectivity index (χ1v) is 9.44. The first-order valence-electron chi connectivity index (χ1n) is 7.79. The van der Waals surface area contributed by atoms with Crippen LogP contribution in [0.25, 0.3) is 11.5 Å². The quantitative estimate of drug-likeness (QED) is 0.722. The van der Waals surface area contributed by atoms with Crippen molar-refractivity contribution in [2.75, 3.05) is 11.1 Å². The number of anilines is 1. The summed E-state index contributed by atoms with van der Waals surface area (Å²) in [6.07, 6.45) is 0. The minimum atomic E-state index is -3.27. The van der Waals surface area contributed by atoms with Gasteiger partial charge in [-0.15, -0.1) is 5.10 Å². The third-order valence-corrected chi connectivity index (χ3v) is 5.58. The molecule has 1 N–H and O–H groups in total. The first kappa shape index (κ1) is 17.8. The Hall–Kier alpha value is -3.01. The average Bonchev–Trinajstić information content (AvgIpc) is 3.22. The maximum Gasteiger partial charge on any atom is 0.322 e. The molecule has 0 bridgehead atoms. The average molecular weight is 375 g/mol. The van der Waals surface area contributed by atoms with E-state index in [2.05, 4.69) is 20.6 Å². The SMILES string of the molecule is CCS(=O)(=O)c1ccc(-c2nnc(NC(=O)c3cc(C)n(C)n3)o2)cc1. The van der Waals surface area contributed by atoms with E-state index in [1.165, 1.54) is 12.1 Å². The van der Waals surface area contributed by atoms with Crippen molar-refractivity contribution in [2.45, 2.75) is 18.7 Å². The molecular weight excluding hydrogens is 358 g/mol. The van der Waals surface area contributed by atoms with E-state index in [0.717, 1.165) is 5.69 Å². The molecule has 26 heavy (non-hydrogen) atoms. The molecule has 0 radical (unpaired) electrons. The van der Waals surface area contributed by atoms with Gasteiger partial charge in [0.05, 0.1) is 10.6 Å². The summed E-state index contributed by atoms with van der Waals surface area (Å²) in [7, 11) is -1.54. The topological polar surface area (TPSA) is 120 Å². The molecular formula is C16H17N5O4S. The Morgan fingerprint density at radius 1 is 1.23 bits per heavy atom. The van der Waals surface area contributed by atoms with Crippen LogP contribution in [0, 0.1) is 6.92 Å². The first-order chi connectivity index (χ1) is 12.3. The molecule has 0 aliphatic heterocycles. The molecule has 2 aromatic heterocycles. The summed E-state index contributed by atoms with van der Waals surface area (Å²) in [5.41, 5.74) is 1.61. The summed E-state index contributed by atoms with van der Waals surface area (Å²) in [5, 5.41) is 14.2. The predicted molar refractivity (Wildman–Crippen MR) is 93.4 cm³/mol. The van der Waals surface area contributed by atoms with Crippen molar-refractivity contribution in [1.29, 1.82) is 0 Å². The van der Waals surface area contributed by atoms with Gasteiger partial charge in [0.25, 0.3) is 5.91 Å². The molecule has 0 saturated heterocycles. The zero-order chi connectivity index (χ0) is 18.9. The van der Waals surface area contributed by atoms with Gasteiger partial charge in [0.15, 0.2) is 15.5 Å². The van der Waals surface area contributed by atoms with Gasteiger partial charge in [0.1, 0.15) is 0 Å². The molecule has 3 aromatic rings. The second-order valence-electron chi connectivity index (χ2n) is 5.59. The number of nitrogens with one attached hydrogen (secondary N) is 1. The fourth-order valence-electron chi connectivity index (χ4n) is 2.19. The van der Waals surface area contributed by atoms with Gasteiger partial charge in [-0.25, -0.2) is 8.42 Å². The number of sulfone groups is 1. The molecule has 0 atom stereocenters. The molecule has 9 nitrogen and oxygen atoms in total. The molecule has 1 amide bonds. The maximum atomic E-state index is 12.1. The van der Waals surface area contributed by atoms with Crippen LogP contribution in [0.1, 0.15) is 23.1 Å². The van der Waals surface area contributed by atoms with Gasteiger partial charge in [0, 0.05) is 18.3 Å². The molecule has 0 aliphatic carbocycles. The maximum absolute atomic E-state index is 12.1. The largest absolute Gasteiger partial charge is 0.403 e. The van der Waals surface area contributed by atoms with Crippen molar-refractivity contribution in [1.82, 2.24) is 20.0 Å². The van der Waals surface area contributed by atoms with Gasteiger partial charge in [0.2, 0.25) is 5.89 Å². The van der Waals surface area contributed by atoms with Crippen LogP contribution in [-0.2, 0) is 16.9 Å². The van der Waals surface area contributed by atoms with Crippen molar-refractivity contribution >= 4 is 21.8 Å². The zero-order valence-corrected chi connectivity index (χ0v) is 15.2. The molecule has 136 valence electrons. The van der Waals surface area contributed by atoms with Crippen LogP contribution >= 0.6 is 0 Å². The summed E-state index contributed by atoms with van der Waals surface area (Å²) >= 11 is 0. The molecule has 0 saturated carbocycles. The number of nitrogens with zero attached hydrogens (tertiary/aromatic N) is 4. The molecule has 10 heteroatoms. The number of hydrogen-bond donors (Lipinski definition) is 1. The number of hydrogen-bond acceptors (Lipinski definition) is 7. The van der Waals surface area contributed by atoms with Gasteiger partial charge >= 0.3 is 6.01 Å². The summed E-state index contributed by atoms with van der Waals surface area (Å²) < 4.78 is 30.7. The zero-order valence-electron chi connectivity index (χ0n) is 14.4. The lowest BCUT2D eigenvalue weighted by atomic mass is 10.2. The van der Waals surface area contributed by atoms with Crippen molar-refractivity contribution in [3.05, 3.63) is 41.7 Å². The summed E-state index contributed by atoms with van der Waals surface area (Å²) in [5.74, 6) is -0.276. The highest BCUT2D eigenvalue weighted by Crippen LogP contribution is 2.22. The monoisotopic (exact) mass is 375 g/mol. The lowest BCUT2D eigenvalue weighted by Crippen LogP contribution is -2.13. The molecule has 0 unspecified atom stereocenters. The summed E-state index contributed by atoms with van der Waals surface area (Å²) in [6.45, 7) is 3.41. The van der Waals surface area contributed by atoms with Gasteiger partial charge < -0.3 is 4.42 Å². The van der Waals surface area contributed by atoms with Crippen LogP contribution in [0.15, 0.2) is 39.6 Å². The van der Waals surface area contributed by atoms with Crippen molar-refractivity contribution in [3.8, 4) is 11.5 Å². The van der Waals surface area contributed by atoms with E-state index in [9.17, 15) is 13.2 Å². The normalized spacial score (nSPS) is 11.5. The van der Waals surface area contributed by atoms with E-state index in [1.54, 1.807) is 36.9 Å². The number of amides is 1. The summed E-state index contributed by atoms with van der Waals surface area (Å²) in [4.78, 5) is 12.4. The lowest BCUT2D eigenvalue weighted by molar-refractivity contribution is 0.101. The number of aromatic nitrogens is 4. The van der Waals surface area contributed by atoms with Crippen LogP contribution in [0.4, 0.5) is 6.01 Å². The van der Waals surface area contributed by atoms with E-state index >= 15 is 0 Å². The Kier molecular flexibility index (Phi) is 4.60. The van der Waals surface area contributed by atoms with Crippen LogP contribution in [-0.4, -0.2) is 40.1 Å². The molecule has 0 fully saturated rings. The Balaban J connectivity index is 1.76. The third kappa shape index (κ3) is 3.49. The Bertz CT molecular complexity index is 1030. The van der Waals surface area contributed by atoms with E-state index in [1.807, 2.05) is 6.92 Å². The van der Waals surface area contributed by atoms with Gasteiger partial charge in [-0.1, -0.05) is 12.0 Å². The highest BCUT2D eigenvalue weighted by Gasteiger charge is 2.16. The number of aryl methyl sites for hydroxylation is 2. The smallest absolute Gasteiger partial charge is 0.322 e. The molecule has 0 aliphatic rings. The summed E-state index contributed by atoms with van der Waals surface area (Å²) in [6, 6.07) is 7.67. The second-order valence-corrected chi connectivity index (χ2v) is 7.87. The van der Waals surface area contributed by atoms with Crippen LogP contribution in [0.5, 0.6) is 0 Å². The minimum absolute atomic E-state index is 0.0239. The van der Waals surface area contributed by atoms with Crippen LogP contribution in [0.3, 0.4) is 0 Å². The lowest BCUT2D eigenvalue weighted by Gasteiger charge is -2.01. The van der Waals surface area contributed by atoms with Gasteiger partial charge in [-0.2, -0.15) is 5.10 Å². The minimum Gasteiger partial charge on any atom is -0.403 e. The Morgan fingerprint density at radius 2 is 1.92 bits per heavy atom. The Morgan fingerprint density at radius 3 is 2.50 bits per heavy atom. The second kappa shape index (κ2) is 6.71. The van der Waals surface area contributed by atoms with Gasteiger partial charge in [-0.3, -0.25) is 14.8 Å². The standard InChI is InChI=1S/C16H17N5O4S/c1-4-26(23,24)12-7-5-11(6-8-12)15-18-19-16(25-15)17-14(22)13-9-10(2)21(3)20-13/h5-9H,4H2,1-3H3,(H,17,19,22).